The van der Waals surface area contributed by atoms with Crippen molar-refractivity contribution in [3.63, 3.8) is 0 Å². The Morgan fingerprint density at radius 2 is 2.11 bits per heavy atom. The molecule has 3 aromatic rings. The van der Waals surface area contributed by atoms with Crippen LogP contribution in [0.2, 0.25) is 0 Å². The van der Waals surface area contributed by atoms with E-state index >= 15 is 0 Å². The molecule has 0 atom stereocenters. The van der Waals surface area contributed by atoms with Gasteiger partial charge in [0.05, 0.1) is 5.52 Å². The van der Waals surface area contributed by atoms with E-state index in [9.17, 15) is 0 Å². The van der Waals surface area contributed by atoms with Crippen molar-refractivity contribution in [2.24, 2.45) is 0 Å². The second-order valence-electron chi connectivity index (χ2n) is 5.10. The molecule has 0 radical (unpaired) electrons. The summed E-state index contributed by atoms with van der Waals surface area (Å²) in [5, 5.41) is 3.87. The van der Waals surface area contributed by atoms with Crippen LogP contribution in [0.3, 0.4) is 0 Å². The molecule has 0 amide bonds. The average molecular weight is 240 g/mol. The van der Waals surface area contributed by atoms with Crippen LogP contribution in [0.5, 0.6) is 0 Å². The maximum atomic E-state index is 4.82. The van der Waals surface area contributed by atoms with Gasteiger partial charge in [-0.2, -0.15) is 0 Å². The van der Waals surface area contributed by atoms with Crippen molar-refractivity contribution in [2.45, 2.75) is 25.2 Å². The topological polar surface area (TPSA) is 67.6 Å². The lowest BCUT2D eigenvalue weighted by Gasteiger charge is -2.05. The van der Waals surface area contributed by atoms with Gasteiger partial charge in [-0.05, 0) is 25.0 Å². The van der Waals surface area contributed by atoms with Crippen LogP contribution in [0, 0.1) is 0 Å². The van der Waals surface area contributed by atoms with Gasteiger partial charge in [0.25, 0.3) is 0 Å². The second-order valence-corrected chi connectivity index (χ2v) is 5.10. The van der Waals surface area contributed by atoms with Crippen LogP contribution in [-0.4, -0.2) is 20.1 Å². The van der Waals surface area contributed by atoms with E-state index in [4.69, 9.17) is 4.52 Å². The standard InChI is InChI=1S/C13H12N4O/c1-13(5-6-13)10-3-2-8-11(15-10)16-12(14-8)9-4-7-18-17-9/h2-4,7H,5-6H2,1H3,(H,14,15,16). The minimum Gasteiger partial charge on any atom is -0.364 e. The van der Waals surface area contributed by atoms with Gasteiger partial charge in [-0.3, -0.25) is 0 Å². The summed E-state index contributed by atoms with van der Waals surface area (Å²) in [6.45, 7) is 2.24. The van der Waals surface area contributed by atoms with E-state index in [-0.39, 0.29) is 5.41 Å². The van der Waals surface area contributed by atoms with Crippen molar-refractivity contribution in [1.82, 2.24) is 20.1 Å². The molecule has 1 fully saturated rings. The fourth-order valence-electron chi connectivity index (χ4n) is 2.13. The van der Waals surface area contributed by atoms with Crippen molar-refractivity contribution >= 4 is 11.2 Å². The Kier molecular flexibility index (Phi) is 1.74. The van der Waals surface area contributed by atoms with E-state index in [1.165, 1.54) is 19.1 Å². The Morgan fingerprint density at radius 3 is 2.83 bits per heavy atom. The van der Waals surface area contributed by atoms with Crippen LogP contribution in [0.1, 0.15) is 25.5 Å². The molecule has 1 aliphatic rings. The largest absolute Gasteiger partial charge is 0.364 e. The third kappa shape index (κ3) is 1.37. The molecule has 5 heteroatoms. The molecule has 1 N–H and O–H groups in total. The first kappa shape index (κ1) is 9.82. The first-order valence-corrected chi connectivity index (χ1v) is 6.03. The zero-order valence-electron chi connectivity index (χ0n) is 9.97. The maximum absolute atomic E-state index is 4.82. The SMILES string of the molecule is CC1(c2ccc3[nH]c(-c4ccon4)nc3n2)CC1. The highest BCUT2D eigenvalue weighted by atomic mass is 16.5. The highest BCUT2D eigenvalue weighted by Gasteiger charge is 2.40. The van der Waals surface area contributed by atoms with Gasteiger partial charge < -0.3 is 9.51 Å². The lowest BCUT2D eigenvalue weighted by Crippen LogP contribution is -2.02. The molecule has 0 bridgehead atoms. The fraction of sp³-hybridized carbons (Fsp3) is 0.308. The van der Waals surface area contributed by atoms with E-state index in [1.807, 2.05) is 6.07 Å². The Labute approximate surface area is 103 Å². The first-order valence-electron chi connectivity index (χ1n) is 6.03. The molecule has 0 saturated heterocycles. The molecule has 0 spiro atoms. The molecule has 1 aliphatic carbocycles. The summed E-state index contributed by atoms with van der Waals surface area (Å²) in [5.74, 6) is 0.698. The van der Waals surface area contributed by atoms with Gasteiger partial charge in [0, 0.05) is 17.2 Å². The molecular weight excluding hydrogens is 228 g/mol. The minimum absolute atomic E-state index is 0.265. The van der Waals surface area contributed by atoms with E-state index in [2.05, 4.69) is 33.1 Å². The van der Waals surface area contributed by atoms with Crippen molar-refractivity contribution in [3.05, 3.63) is 30.2 Å². The normalized spacial score (nSPS) is 17.2. The van der Waals surface area contributed by atoms with Crippen LogP contribution in [-0.2, 0) is 5.41 Å². The molecule has 0 aliphatic heterocycles. The van der Waals surface area contributed by atoms with Crippen LogP contribution in [0.15, 0.2) is 29.0 Å². The van der Waals surface area contributed by atoms with Crippen LogP contribution in [0.4, 0.5) is 0 Å². The Bertz CT molecular complexity index is 710. The zero-order chi connectivity index (χ0) is 12.2. The van der Waals surface area contributed by atoms with Crippen LogP contribution < -0.4 is 0 Å². The number of rotatable bonds is 2. The van der Waals surface area contributed by atoms with Gasteiger partial charge in [0.15, 0.2) is 11.5 Å². The predicted molar refractivity (Wildman–Crippen MR) is 66.0 cm³/mol. The summed E-state index contributed by atoms with van der Waals surface area (Å²) in [6.07, 6.45) is 3.96. The Morgan fingerprint density at radius 1 is 1.22 bits per heavy atom. The predicted octanol–water partition coefficient (Wildman–Crippen LogP) is 2.66. The summed E-state index contributed by atoms with van der Waals surface area (Å²) in [6, 6.07) is 5.90. The third-order valence-electron chi connectivity index (χ3n) is 3.64. The van der Waals surface area contributed by atoms with E-state index < -0.39 is 0 Å². The van der Waals surface area contributed by atoms with Crippen molar-refractivity contribution in [1.29, 1.82) is 0 Å². The van der Waals surface area contributed by atoms with Crippen molar-refractivity contribution in [3.8, 4) is 11.5 Å². The molecule has 90 valence electrons. The number of aromatic amines is 1. The van der Waals surface area contributed by atoms with Gasteiger partial charge in [0.2, 0.25) is 0 Å². The number of hydrogen-bond acceptors (Lipinski definition) is 4. The summed E-state index contributed by atoms with van der Waals surface area (Å²) in [5.41, 5.74) is 3.78. The van der Waals surface area contributed by atoms with Gasteiger partial charge in [-0.1, -0.05) is 12.1 Å². The highest BCUT2D eigenvalue weighted by molar-refractivity contribution is 5.75. The number of nitrogens with zero attached hydrogens (tertiary/aromatic N) is 3. The smallest absolute Gasteiger partial charge is 0.178 e. The van der Waals surface area contributed by atoms with Crippen LogP contribution in [0.25, 0.3) is 22.7 Å². The van der Waals surface area contributed by atoms with Crippen molar-refractivity contribution in [2.75, 3.05) is 0 Å². The highest BCUT2D eigenvalue weighted by Crippen LogP contribution is 2.46. The summed E-state index contributed by atoms with van der Waals surface area (Å²) in [4.78, 5) is 12.3. The first-order chi connectivity index (χ1) is 8.74. The van der Waals surface area contributed by atoms with Crippen LogP contribution >= 0.6 is 0 Å². The number of fused-ring (bicyclic) bond motifs is 1. The number of aromatic nitrogens is 4. The molecule has 0 aromatic carbocycles. The monoisotopic (exact) mass is 240 g/mol. The molecule has 1 saturated carbocycles. The average Bonchev–Trinajstić information content (AvgIpc) is 2.88. The van der Waals surface area contributed by atoms with E-state index in [0.29, 0.717) is 11.5 Å². The molecule has 3 aromatic heterocycles. The van der Waals surface area contributed by atoms with E-state index in [1.54, 1.807) is 6.07 Å². The molecule has 18 heavy (non-hydrogen) atoms. The zero-order valence-corrected chi connectivity index (χ0v) is 9.97. The Balaban J connectivity index is 1.85. The summed E-state index contributed by atoms with van der Waals surface area (Å²) >= 11 is 0. The molecule has 0 unspecified atom stereocenters. The number of pyridine rings is 1. The lowest BCUT2D eigenvalue weighted by atomic mass is 10.1. The van der Waals surface area contributed by atoms with Gasteiger partial charge in [0.1, 0.15) is 12.0 Å². The quantitative estimate of drug-likeness (QED) is 0.747. The molecule has 3 heterocycles. The van der Waals surface area contributed by atoms with Crippen molar-refractivity contribution < 1.29 is 4.52 Å². The third-order valence-corrected chi connectivity index (χ3v) is 3.64. The summed E-state index contributed by atoms with van der Waals surface area (Å²) < 4.78 is 4.82. The maximum Gasteiger partial charge on any atom is 0.178 e. The lowest BCUT2D eigenvalue weighted by molar-refractivity contribution is 0.422. The fourth-order valence-corrected chi connectivity index (χ4v) is 2.13. The number of H-pyrrole nitrogens is 1. The number of nitrogens with one attached hydrogen (secondary N) is 1. The minimum atomic E-state index is 0.265. The van der Waals surface area contributed by atoms with Gasteiger partial charge in [-0.25, -0.2) is 9.97 Å². The van der Waals surface area contributed by atoms with Gasteiger partial charge in [-0.15, -0.1) is 0 Å². The second kappa shape index (κ2) is 3.19. The summed E-state index contributed by atoms with van der Waals surface area (Å²) in [7, 11) is 0. The Hall–Kier alpha value is -2.17. The number of imidazole rings is 1. The number of hydrogen-bond donors (Lipinski definition) is 1. The van der Waals surface area contributed by atoms with E-state index in [0.717, 1.165) is 16.9 Å². The molecule has 4 rings (SSSR count). The molecule has 5 nitrogen and oxygen atoms in total. The molecular formula is C13H12N4O. The van der Waals surface area contributed by atoms with Gasteiger partial charge >= 0.3 is 0 Å².